The number of carboxylic acid groups (broad SMARTS) is 1. The van der Waals surface area contributed by atoms with E-state index in [0.717, 1.165) is 6.07 Å². The van der Waals surface area contributed by atoms with Crippen molar-refractivity contribution < 1.29 is 19.9 Å². The van der Waals surface area contributed by atoms with Crippen LogP contribution in [-0.2, 0) is 0 Å². The van der Waals surface area contributed by atoms with Crippen molar-refractivity contribution in [3.63, 3.8) is 0 Å². The number of aliphatic hydroxyl groups excluding tert-OH is 1. The lowest BCUT2D eigenvalue weighted by Gasteiger charge is -2.29. The van der Waals surface area contributed by atoms with E-state index in [2.05, 4.69) is 0 Å². The summed E-state index contributed by atoms with van der Waals surface area (Å²) >= 11 is 0. The second-order valence-corrected chi connectivity index (χ2v) is 4.27. The van der Waals surface area contributed by atoms with Crippen molar-refractivity contribution in [2.75, 3.05) is 18.1 Å². The Balaban J connectivity index is 3.37. The molecule has 0 bridgehead atoms. The largest absolute Gasteiger partial charge is 0.478 e. The summed E-state index contributed by atoms with van der Waals surface area (Å²) in [6.45, 7) is 3.68. The number of aromatic carboxylic acids is 1. The van der Waals surface area contributed by atoms with Gasteiger partial charge in [-0.1, -0.05) is 0 Å². The van der Waals surface area contributed by atoms with Gasteiger partial charge in [0.25, 0.3) is 5.69 Å². The van der Waals surface area contributed by atoms with E-state index in [1.807, 2.05) is 13.8 Å². The van der Waals surface area contributed by atoms with Crippen LogP contribution in [0.1, 0.15) is 24.2 Å². The van der Waals surface area contributed by atoms with Crippen LogP contribution in [0.3, 0.4) is 0 Å². The van der Waals surface area contributed by atoms with Gasteiger partial charge in [0.05, 0.1) is 22.8 Å². The first kappa shape index (κ1) is 14.9. The van der Waals surface area contributed by atoms with Crippen molar-refractivity contribution in [3.8, 4) is 0 Å². The van der Waals surface area contributed by atoms with E-state index in [4.69, 9.17) is 10.2 Å². The van der Waals surface area contributed by atoms with E-state index in [-0.39, 0.29) is 36.1 Å². The molecule has 104 valence electrons. The Morgan fingerprint density at radius 3 is 2.53 bits per heavy atom. The standard InChI is InChI=1S/C12H16N2O5/c1-8(2)13(5-6-15)11-7-9(14(18)19)3-4-10(11)12(16)17/h3-4,7-8,15H,5-6H2,1-2H3,(H,16,17). The van der Waals surface area contributed by atoms with Crippen molar-refractivity contribution in [2.24, 2.45) is 0 Å². The predicted octanol–water partition coefficient (Wildman–Crippen LogP) is 1.50. The number of non-ortho nitro benzene ring substituents is 1. The first-order chi connectivity index (χ1) is 8.88. The minimum absolute atomic E-state index is 0.0206. The quantitative estimate of drug-likeness (QED) is 0.598. The molecular formula is C12H16N2O5. The van der Waals surface area contributed by atoms with Gasteiger partial charge in [-0.05, 0) is 19.9 Å². The van der Waals surface area contributed by atoms with Gasteiger partial charge in [-0.15, -0.1) is 0 Å². The summed E-state index contributed by atoms with van der Waals surface area (Å²) in [4.78, 5) is 23.0. The van der Waals surface area contributed by atoms with Gasteiger partial charge in [0.15, 0.2) is 0 Å². The molecule has 0 saturated heterocycles. The lowest BCUT2D eigenvalue weighted by Crippen LogP contribution is -2.34. The molecule has 0 atom stereocenters. The van der Waals surface area contributed by atoms with Gasteiger partial charge in [0.1, 0.15) is 0 Å². The third-order valence-electron chi connectivity index (χ3n) is 2.70. The summed E-state index contributed by atoms with van der Waals surface area (Å²) in [7, 11) is 0. The maximum absolute atomic E-state index is 11.2. The Morgan fingerprint density at radius 1 is 1.47 bits per heavy atom. The molecule has 7 heteroatoms. The van der Waals surface area contributed by atoms with Gasteiger partial charge in [-0.25, -0.2) is 4.79 Å². The van der Waals surface area contributed by atoms with Crippen molar-refractivity contribution in [3.05, 3.63) is 33.9 Å². The highest BCUT2D eigenvalue weighted by Crippen LogP contribution is 2.27. The molecule has 0 spiro atoms. The number of benzene rings is 1. The number of hydrogen-bond donors (Lipinski definition) is 2. The summed E-state index contributed by atoms with van der Waals surface area (Å²) in [5, 5.41) is 28.9. The summed E-state index contributed by atoms with van der Waals surface area (Å²) < 4.78 is 0. The van der Waals surface area contributed by atoms with Crippen LogP contribution in [-0.4, -0.2) is 40.3 Å². The average Bonchev–Trinajstić information content (AvgIpc) is 2.34. The number of nitro benzene ring substituents is 1. The Bertz CT molecular complexity index is 487. The molecule has 7 nitrogen and oxygen atoms in total. The van der Waals surface area contributed by atoms with Crippen LogP contribution < -0.4 is 4.90 Å². The van der Waals surface area contributed by atoms with Crippen LogP contribution in [0, 0.1) is 10.1 Å². The third-order valence-corrected chi connectivity index (χ3v) is 2.70. The van der Waals surface area contributed by atoms with Crippen LogP contribution in [0.5, 0.6) is 0 Å². The normalized spacial score (nSPS) is 10.5. The Hall–Kier alpha value is -2.15. The molecule has 0 heterocycles. The molecule has 0 fully saturated rings. The van der Waals surface area contributed by atoms with Crippen molar-refractivity contribution >= 4 is 17.3 Å². The number of nitrogens with zero attached hydrogens (tertiary/aromatic N) is 2. The van der Waals surface area contributed by atoms with Crippen LogP contribution in [0.4, 0.5) is 11.4 Å². The fourth-order valence-corrected chi connectivity index (χ4v) is 1.82. The maximum Gasteiger partial charge on any atom is 0.337 e. The fraction of sp³-hybridized carbons (Fsp3) is 0.417. The first-order valence-corrected chi connectivity index (χ1v) is 5.77. The molecule has 0 radical (unpaired) electrons. The molecular weight excluding hydrogens is 252 g/mol. The maximum atomic E-state index is 11.2. The van der Waals surface area contributed by atoms with E-state index in [1.54, 1.807) is 4.90 Å². The zero-order valence-electron chi connectivity index (χ0n) is 10.7. The predicted molar refractivity (Wildman–Crippen MR) is 69.6 cm³/mol. The number of anilines is 1. The summed E-state index contributed by atoms with van der Waals surface area (Å²) in [5.41, 5.74) is 0.0436. The Kier molecular flexibility index (Phi) is 4.82. The highest BCUT2D eigenvalue weighted by atomic mass is 16.6. The minimum Gasteiger partial charge on any atom is -0.478 e. The number of rotatable bonds is 6. The molecule has 0 aliphatic carbocycles. The summed E-state index contributed by atoms with van der Waals surface area (Å²) in [6.07, 6.45) is 0. The van der Waals surface area contributed by atoms with Gasteiger partial charge >= 0.3 is 5.97 Å². The molecule has 0 saturated carbocycles. The monoisotopic (exact) mass is 268 g/mol. The second-order valence-electron chi connectivity index (χ2n) is 4.27. The molecule has 0 amide bonds. The first-order valence-electron chi connectivity index (χ1n) is 5.77. The zero-order chi connectivity index (χ0) is 14.6. The van der Waals surface area contributed by atoms with E-state index in [0.29, 0.717) is 0 Å². The molecule has 19 heavy (non-hydrogen) atoms. The molecule has 1 rings (SSSR count). The van der Waals surface area contributed by atoms with Crippen molar-refractivity contribution in [1.82, 2.24) is 0 Å². The molecule has 0 aliphatic heterocycles. The third kappa shape index (κ3) is 3.41. The smallest absolute Gasteiger partial charge is 0.337 e. The van der Waals surface area contributed by atoms with Gasteiger partial charge in [0.2, 0.25) is 0 Å². The summed E-state index contributed by atoms with van der Waals surface area (Å²) in [6, 6.07) is 3.50. The molecule has 0 aromatic heterocycles. The Labute approximate surface area is 110 Å². The topological polar surface area (TPSA) is 104 Å². The second kappa shape index (κ2) is 6.14. The van der Waals surface area contributed by atoms with Gasteiger partial charge in [-0.3, -0.25) is 10.1 Å². The number of carbonyl (C=O) groups is 1. The van der Waals surface area contributed by atoms with E-state index in [1.165, 1.54) is 12.1 Å². The van der Waals surface area contributed by atoms with E-state index < -0.39 is 10.9 Å². The van der Waals surface area contributed by atoms with Crippen molar-refractivity contribution in [2.45, 2.75) is 19.9 Å². The lowest BCUT2D eigenvalue weighted by molar-refractivity contribution is -0.384. The zero-order valence-corrected chi connectivity index (χ0v) is 10.7. The van der Waals surface area contributed by atoms with Gasteiger partial charge in [0, 0.05) is 24.7 Å². The number of carboxylic acids is 1. The van der Waals surface area contributed by atoms with Crippen LogP contribution in [0.2, 0.25) is 0 Å². The highest BCUT2D eigenvalue weighted by molar-refractivity contribution is 5.95. The molecule has 2 N–H and O–H groups in total. The van der Waals surface area contributed by atoms with Crippen LogP contribution in [0.15, 0.2) is 18.2 Å². The van der Waals surface area contributed by atoms with Gasteiger partial charge < -0.3 is 15.1 Å². The summed E-state index contributed by atoms with van der Waals surface area (Å²) in [5.74, 6) is -1.16. The molecule has 0 aliphatic rings. The SMILES string of the molecule is CC(C)N(CCO)c1cc([N+](=O)[O-])ccc1C(=O)O. The average molecular weight is 268 g/mol. The molecule has 0 unspecified atom stereocenters. The molecule has 1 aromatic carbocycles. The highest BCUT2D eigenvalue weighted by Gasteiger charge is 2.21. The number of aliphatic hydroxyl groups is 1. The lowest BCUT2D eigenvalue weighted by atomic mass is 10.1. The minimum atomic E-state index is -1.16. The fourth-order valence-electron chi connectivity index (χ4n) is 1.82. The van der Waals surface area contributed by atoms with Crippen LogP contribution in [0.25, 0.3) is 0 Å². The molecule has 1 aromatic rings. The van der Waals surface area contributed by atoms with Crippen LogP contribution >= 0.6 is 0 Å². The van der Waals surface area contributed by atoms with E-state index in [9.17, 15) is 14.9 Å². The number of hydrogen-bond acceptors (Lipinski definition) is 5. The van der Waals surface area contributed by atoms with E-state index >= 15 is 0 Å². The number of nitro groups is 1. The van der Waals surface area contributed by atoms with Crippen molar-refractivity contribution in [1.29, 1.82) is 0 Å². The van der Waals surface area contributed by atoms with Gasteiger partial charge in [-0.2, -0.15) is 0 Å². The Morgan fingerprint density at radius 2 is 2.11 bits per heavy atom.